The van der Waals surface area contributed by atoms with Crippen LogP contribution in [-0.4, -0.2) is 47.2 Å². The Bertz CT molecular complexity index is 984. The first kappa shape index (κ1) is 17.3. The van der Waals surface area contributed by atoms with E-state index < -0.39 is 0 Å². The van der Waals surface area contributed by atoms with E-state index in [1.807, 2.05) is 65.7 Å². The highest BCUT2D eigenvalue weighted by Crippen LogP contribution is 2.36. The molecule has 1 spiro atoms. The molecule has 3 heterocycles. The molecule has 2 fully saturated rings. The van der Waals surface area contributed by atoms with Crippen LogP contribution in [0, 0.1) is 0 Å². The van der Waals surface area contributed by atoms with Crippen molar-refractivity contribution in [2.45, 2.75) is 31.0 Å². The largest absolute Gasteiger partial charge is 0.488 e. The lowest BCUT2D eigenvalue weighted by molar-refractivity contribution is -0.0453. The summed E-state index contributed by atoms with van der Waals surface area (Å²) >= 11 is 0. The second kappa shape index (κ2) is 6.99. The van der Waals surface area contributed by atoms with Gasteiger partial charge in [0.15, 0.2) is 0 Å². The quantitative estimate of drug-likeness (QED) is 0.751. The summed E-state index contributed by atoms with van der Waals surface area (Å²) in [5, 5.41) is 1.06. The summed E-state index contributed by atoms with van der Waals surface area (Å²) in [6.07, 6.45) is 4.68. The SMILES string of the molecule is O=C(c1ccc2[nH]ccc2c1)N1CCC[C@]2(C[C@H](Oc3ccccc3)CO2)C1. The van der Waals surface area contributed by atoms with E-state index in [-0.39, 0.29) is 17.6 Å². The minimum absolute atomic E-state index is 0.0358. The molecule has 5 rings (SSSR count). The van der Waals surface area contributed by atoms with Crippen molar-refractivity contribution in [2.75, 3.05) is 19.7 Å². The summed E-state index contributed by atoms with van der Waals surface area (Å²) in [5.41, 5.74) is 1.50. The molecule has 0 aliphatic carbocycles. The first-order valence-corrected chi connectivity index (χ1v) is 9.93. The molecule has 1 N–H and O–H groups in total. The zero-order chi connectivity index (χ0) is 19.0. The molecule has 2 aliphatic rings. The molecule has 0 radical (unpaired) electrons. The van der Waals surface area contributed by atoms with Crippen molar-refractivity contribution in [1.29, 1.82) is 0 Å². The average molecular weight is 376 g/mol. The van der Waals surface area contributed by atoms with Gasteiger partial charge in [0.05, 0.1) is 18.8 Å². The van der Waals surface area contributed by atoms with Gasteiger partial charge in [-0.1, -0.05) is 18.2 Å². The number of aromatic amines is 1. The molecule has 2 atom stereocenters. The number of rotatable bonds is 3. The van der Waals surface area contributed by atoms with E-state index in [4.69, 9.17) is 9.47 Å². The fourth-order valence-electron chi connectivity index (χ4n) is 4.49. The lowest BCUT2D eigenvalue weighted by Crippen LogP contribution is -2.50. The lowest BCUT2D eigenvalue weighted by Gasteiger charge is -2.39. The highest BCUT2D eigenvalue weighted by molar-refractivity contribution is 5.98. The molecule has 0 saturated carbocycles. The van der Waals surface area contributed by atoms with Gasteiger partial charge in [0, 0.05) is 35.6 Å². The van der Waals surface area contributed by atoms with Crippen molar-refractivity contribution in [3.63, 3.8) is 0 Å². The van der Waals surface area contributed by atoms with E-state index in [0.717, 1.165) is 48.0 Å². The number of carbonyl (C=O) groups excluding carboxylic acids is 1. The number of para-hydroxylation sites is 1. The first-order valence-electron chi connectivity index (χ1n) is 9.93. The Hall–Kier alpha value is -2.79. The number of ether oxygens (including phenoxy) is 2. The number of hydrogen-bond acceptors (Lipinski definition) is 3. The summed E-state index contributed by atoms with van der Waals surface area (Å²) in [6, 6.07) is 17.7. The number of fused-ring (bicyclic) bond motifs is 1. The Morgan fingerprint density at radius 2 is 2.07 bits per heavy atom. The standard InChI is InChI=1S/C23H24N2O3/c26-22(18-7-8-21-17(13-18)9-11-24-21)25-12-4-10-23(16-25)14-20(15-27-23)28-19-5-2-1-3-6-19/h1-3,5-9,11,13,20,24H,4,10,12,14-16H2/t20-,23-/m0/s1. The number of hydrogen-bond donors (Lipinski definition) is 1. The van der Waals surface area contributed by atoms with Crippen molar-refractivity contribution in [1.82, 2.24) is 9.88 Å². The third kappa shape index (κ3) is 3.27. The maximum Gasteiger partial charge on any atom is 0.253 e. The Kier molecular flexibility index (Phi) is 4.32. The summed E-state index contributed by atoms with van der Waals surface area (Å²) in [4.78, 5) is 18.2. The summed E-state index contributed by atoms with van der Waals surface area (Å²) in [7, 11) is 0. The maximum atomic E-state index is 13.1. The van der Waals surface area contributed by atoms with Gasteiger partial charge in [-0.15, -0.1) is 0 Å². The van der Waals surface area contributed by atoms with Crippen LogP contribution >= 0.6 is 0 Å². The number of nitrogens with one attached hydrogen (secondary N) is 1. The molecule has 0 unspecified atom stereocenters. The van der Waals surface area contributed by atoms with Crippen LogP contribution < -0.4 is 4.74 Å². The van der Waals surface area contributed by atoms with Gasteiger partial charge < -0.3 is 19.4 Å². The normalized spacial score (nSPS) is 24.7. The Morgan fingerprint density at radius 1 is 1.18 bits per heavy atom. The van der Waals surface area contributed by atoms with Crippen LogP contribution in [0.5, 0.6) is 5.75 Å². The molecular weight excluding hydrogens is 352 g/mol. The second-order valence-corrected chi connectivity index (χ2v) is 7.86. The predicted octanol–water partition coefficient (Wildman–Crippen LogP) is 4.01. The molecule has 3 aromatic rings. The molecule has 2 aromatic carbocycles. The van der Waals surface area contributed by atoms with Crippen molar-refractivity contribution >= 4 is 16.8 Å². The minimum atomic E-state index is -0.286. The van der Waals surface area contributed by atoms with Crippen LogP contribution in [-0.2, 0) is 4.74 Å². The van der Waals surface area contributed by atoms with Crippen LogP contribution in [0.4, 0.5) is 0 Å². The second-order valence-electron chi connectivity index (χ2n) is 7.86. The molecule has 144 valence electrons. The molecule has 5 nitrogen and oxygen atoms in total. The van der Waals surface area contributed by atoms with Crippen molar-refractivity contribution in [2.24, 2.45) is 0 Å². The number of piperidine rings is 1. The van der Waals surface area contributed by atoms with E-state index in [0.29, 0.717) is 13.2 Å². The van der Waals surface area contributed by atoms with E-state index in [1.165, 1.54) is 0 Å². The van der Waals surface area contributed by atoms with Crippen LogP contribution in [0.15, 0.2) is 60.8 Å². The van der Waals surface area contributed by atoms with E-state index in [2.05, 4.69) is 4.98 Å². The molecule has 2 aliphatic heterocycles. The number of carbonyl (C=O) groups is 1. The first-order chi connectivity index (χ1) is 13.7. The van der Waals surface area contributed by atoms with Gasteiger partial charge in [0.25, 0.3) is 5.91 Å². The maximum absolute atomic E-state index is 13.1. The fourth-order valence-corrected chi connectivity index (χ4v) is 4.49. The van der Waals surface area contributed by atoms with Gasteiger partial charge >= 0.3 is 0 Å². The fraction of sp³-hybridized carbons (Fsp3) is 0.348. The number of H-pyrrole nitrogens is 1. The van der Waals surface area contributed by atoms with Crippen LogP contribution in [0.3, 0.4) is 0 Å². The number of amides is 1. The lowest BCUT2D eigenvalue weighted by atomic mass is 9.89. The number of benzene rings is 2. The molecule has 28 heavy (non-hydrogen) atoms. The van der Waals surface area contributed by atoms with Crippen LogP contribution in [0.25, 0.3) is 10.9 Å². The molecule has 0 bridgehead atoms. The molecule has 1 aromatic heterocycles. The Morgan fingerprint density at radius 3 is 2.96 bits per heavy atom. The number of likely N-dealkylation sites (tertiary alicyclic amines) is 1. The number of nitrogens with zero attached hydrogens (tertiary/aromatic N) is 1. The summed E-state index contributed by atoms with van der Waals surface area (Å²) < 4.78 is 12.3. The highest BCUT2D eigenvalue weighted by atomic mass is 16.6. The van der Waals surface area contributed by atoms with E-state index in [9.17, 15) is 4.79 Å². The zero-order valence-corrected chi connectivity index (χ0v) is 15.8. The molecule has 5 heteroatoms. The smallest absolute Gasteiger partial charge is 0.253 e. The zero-order valence-electron chi connectivity index (χ0n) is 15.8. The summed E-state index contributed by atoms with van der Waals surface area (Å²) in [5.74, 6) is 0.954. The topological polar surface area (TPSA) is 54.6 Å². The van der Waals surface area contributed by atoms with E-state index in [1.54, 1.807) is 0 Å². The average Bonchev–Trinajstić information content (AvgIpc) is 3.35. The van der Waals surface area contributed by atoms with Crippen molar-refractivity contribution < 1.29 is 14.3 Å². The minimum Gasteiger partial charge on any atom is -0.488 e. The third-order valence-electron chi connectivity index (χ3n) is 5.85. The monoisotopic (exact) mass is 376 g/mol. The van der Waals surface area contributed by atoms with Gasteiger partial charge in [-0.3, -0.25) is 4.79 Å². The number of aromatic nitrogens is 1. The molecule has 1 amide bonds. The van der Waals surface area contributed by atoms with Crippen molar-refractivity contribution in [3.8, 4) is 5.75 Å². The molecule has 2 saturated heterocycles. The van der Waals surface area contributed by atoms with Gasteiger partial charge in [-0.05, 0) is 49.2 Å². The van der Waals surface area contributed by atoms with Gasteiger partial charge in [0.2, 0.25) is 0 Å². The van der Waals surface area contributed by atoms with Crippen LogP contribution in [0.2, 0.25) is 0 Å². The van der Waals surface area contributed by atoms with Gasteiger partial charge in [-0.2, -0.15) is 0 Å². The Labute approximate surface area is 164 Å². The molecular formula is C23H24N2O3. The van der Waals surface area contributed by atoms with Crippen LogP contribution in [0.1, 0.15) is 29.6 Å². The highest BCUT2D eigenvalue weighted by Gasteiger charge is 2.45. The van der Waals surface area contributed by atoms with Crippen molar-refractivity contribution in [3.05, 3.63) is 66.4 Å². The third-order valence-corrected chi connectivity index (χ3v) is 5.85. The van der Waals surface area contributed by atoms with Gasteiger partial charge in [0.1, 0.15) is 11.9 Å². The summed E-state index contributed by atoms with van der Waals surface area (Å²) in [6.45, 7) is 1.98. The van der Waals surface area contributed by atoms with E-state index >= 15 is 0 Å². The predicted molar refractivity (Wildman–Crippen MR) is 108 cm³/mol. The Balaban J connectivity index is 1.28. The van der Waals surface area contributed by atoms with Gasteiger partial charge in [-0.25, -0.2) is 0 Å².